The number of carboxylic acids is 1. The van der Waals surface area contributed by atoms with Gasteiger partial charge < -0.3 is 15.3 Å². The van der Waals surface area contributed by atoms with Gasteiger partial charge in [0.05, 0.1) is 0 Å². The maximum atomic E-state index is 10.7. The lowest BCUT2D eigenvalue weighted by Crippen LogP contribution is -2.20. The Kier molecular flexibility index (Phi) is 4.05. The fraction of sp³-hybridized carbons (Fsp3) is 0.222. The van der Waals surface area contributed by atoms with Gasteiger partial charge in [-0.05, 0) is 17.7 Å². The molecular formula is C9H9NO6S. The van der Waals surface area contributed by atoms with Crippen molar-refractivity contribution in [1.82, 2.24) is 0 Å². The van der Waals surface area contributed by atoms with Crippen molar-refractivity contribution in [2.24, 2.45) is 4.36 Å². The summed E-state index contributed by atoms with van der Waals surface area (Å²) < 4.78 is 23.6. The minimum atomic E-state index is -2.82. The molecule has 0 saturated carbocycles. The zero-order valence-electron chi connectivity index (χ0n) is 8.44. The first-order valence-corrected chi connectivity index (χ1v) is 5.47. The molecule has 0 fully saturated rings. The molecule has 1 atom stereocenters. The highest BCUT2D eigenvalue weighted by Gasteiger charge is 2.18. The highest BCUT2D eigenvalue weighted by Crippen LogP contribution is 2.25. The maximum absolute atomic E-state index is 10.7. The van der Waals surface area contributed by atoms with Gasteiger partial charge in [0.15, 0.2) is 17.5 Å². The van der Waals surface area contributed by atoms with Crippen LogP contribution in [-0.4, -0.2) is 35.7 Å². The largest absolute Gasteiger partial charge is 0.504 e. The average molecular weight is 259 g/mol. The van der Waals surface area contributed by atoms with Gasteiger partial charge in [0.2, 0.25) is 0 Å². The van der Waals surface area contributed by atoms with Crippen LogP contribution in [0.5, 0.6) is 11.5 Å². The van der Waals surface area contributed by atoms with Gasteiger partial charge in [-0.15, -0.1) is 0 Å². The summed E-state index contributed by atoms with van der Waals surface area (Å²) in [4.78, 5) is 10.7. The van der Waals surface area contributed by atoms with E-state index in [1.165, 1.54) is 12.1 Å². The van der Waals surface area contributed by atoms with Crippen LogP contribution in [0.15, 0.2) is 22.6 Å². The molecule has 0 heterocycles. The summed E-state index contributed by atoms with van der Waals surface area (Å²) >= 11 is 0. The van der Waals surface area contributed by atoms with E-state index in [-0.39, 0.29) is 12.2 Å². The predicted molar refractivity (Wildman–Crippen MR) is 56.2 cm³/mol. The number of nitrogens with zero attached hydrogens (tertiary/aromatic N) is 1. The first kappa shape index (κ1) is 13.0. The van der Waals surface area contributed by atoms with Crippen molar-refractivity contribution in [3.63, 3.8) is 0 Å². The van der Waals surface area contributed by atoms with Crippen molar-refractivity contribution in [3.8, 4) is 11.5 Å². The van der Waals surface area contributed by atoms with Crippen molar-refractivity contribution >= 4 is 16.5 Å². The zero-order valence-corrected chi connectivity index (χ0v) is 9.25. The second-order valence-corrected chi connectivity index (χ2v) is 3.85. The molecule has 0 saturated heterocycles. The van der Waals surface area contributed by atoms with Crippen LogP contribution < -0.4 is 0 Å². The average Bonchev–Trinajstić information content (AvgIpc) is 2.21. The third kappa shape index (κ3) is 3.76. The Balaban J connectivity index is 2.98. The normalized spacial score (nSPS) is 11.8. The summed E-state index contributed by atoms with van der Waals surface area (Å²) in [6, 6.07) is 2.25. The van der Waals surface area contributed by atoms with Crippen LogP contribution in [0.25, 0.3) is 0 Å². The van der Waals surface area contributed by atoms with Gasteiger partial charge in [-0.3, -0.25) is 0 Å². The van der Waals surface area contributed by atoms with Crippen LogP contribution in [0.4, 0.5) is 0 Å². The summed E-state index contributed by atoms with van der Waals surface area (Å²) in [6.07, 6.45) is -0.197. The fourth-order valence-corrected chi connectivity index (χ4v) is 1.57. The van der Waals surface area contributed by atoms with Crippen molar-refractivity contribution < 1.29 is 28.5 Å². The maximum Gasteiger partial charge on any atom is 0.330 e. The Bertz CT molecular complexity index is 557. The van der Waals surface area contributed by atoms with E-state index in [9.17, 15) is 18.3 Å². The van der Waals surface area contributed by atoms with Crippen LogP contribution in [0.3, 0.4) is 0 Å². The second-order valence-electron chi connectivity index (χ2n) is 3.20. The lowest BCUT2D eigenvalue weighted by Gasteiger charge is -2.06. The van der Waals surface area contributed by atoms with Crippen LogP contribution >= 0.6 is 0 Å². The molecule has 1 rings (SSSR count). The standard InChI is InChI=1S/C9H9NO6S/c11-7-2-1-5(4-8(7)12)3-6(9(13)14)10-17(15)16/h1-2,4,6,11-12H,3H2,(H,13,14). The molecule has 0 aromatic heterocycles. The molecule has 0 spiro atoms. The summed E-state index contributed by atoms with van der Waals surface area (Å²) in [6.45, 7) is 0. The number of carbonyl (C=O) groups is 1. The smallest absolute Gasteiger partial charge is 0.330 e. The molecule has 0 aliphatic carbocycles. The van der Waals surface area contributed by atoms with E-state index in [1.807, 2.05) is 0 Å². The first-order valence-electron chi connectivity index (χ1n) is 4.44. The van der Waals surface area contributed by atoms with Gasteiger partial charge in [-0.2, -0.15) is 12.8 Å². The second kappa shape index (κ2) is 5.30. The number of benzene rings is 1. The Hall–Kier alpha value is -2.09. The first-order chi connectivity index (χ1) is 7.90. The molecule has 7 nitrogen and oxygen atoms in total. The third-order valence-corrected chi connectivity index (χ3v) is 2.39. The van der Waals surface area contributed by atoms with E-state index in [4.69, 9.17) is 10.2 Å². The van der Waals surface area contributed by atoms with E-state index in [1.54, 1.807) is 0 Å². The van der Waals surface area contributed by atoms with Crippen molar-refractivity contribution in [2.75, 3.05) is 0 Å². The Morgan fingerprint density at radius 3 is 2.41 bits per heavy atom. The van der Waals surface area contributed by atoms with E-state index in [0.717, 1.165) is 6.07 Å². The Labute approximate surface area is 97.7 Å². The molecule has 1 aromatic rings. The van der Waals surface area contributed by atoms with Gasteiger partial charge in [-0.25, -0.2) is 4.79 Å². The monoisotopic (exact) mass is 259 g/mol. The Morgan fingerprint density at radius 1 is 1.29 bits per heavy atom. The van der Waals surface area contributed by atoms with Crippen LogP contribution in [0, 0.1) is 0 Å². The third-order valence-electron chi connectivity index (χ3n) is 1.97. The lowest BCUT2D eigenvalue weighted by atomic mass is 10.1. The molecule has 0 aliphatic heterocycles. The Morgan fingerprint density at radius 2 is 1.94 bits per heavy atom. The molecule has 0 bridgehead atoms. The molecule has 0 aliphatic rings. The SMILES string of the molecule is O=C(O)C(Cc1ccc(O)c(O)c1)N=S(=O)=O. The minimum Gasteiger partial charge on any atom is -0.504 e. The van der Waals surface area contributed by atoms with Crippen molar-refractivity contribution in [1.29, 1.82) is 0 Å². The highest BCUT2D eigenvalue weighted by molar-refractivity contribution is 7.61. The number of aliphatic carboxylic acids is 1. The van der Waals surface area contributed by atoms with E-state index in [2.05, 4.69) is 4.36 Å². The van der Waals surface area contributed by atoms with Crippen LogP contribution in [0.1, 0.15) is 5.56 Å². The van der Waals surface area contributed by atoms with Gasteiger partial charge >= 0.3 is 16.5 Å². The highest BCUT2D eigenvalue weighted by atomic mass is 32.2. The summed E-state index contributed by atoms with van der Waals surface area (Å²) in [7, 11) is -2.82. The van der Waals surface area contributed by atoms with Gasteiger partial charge in [-0.1, -0.05) is 6.07 Å². The number of hydrogen-bond acceptors (Lipinski definition) is 6. The molecule has 3 N–H and O–H groups in total. The van der Waals surface area contributed by atoms with Gasteiger partial charge in [0.25, 0.3) is 0 Å². The number of rotatable bonds is 4. The van der Waals surface area contributed by atoms with E-state index in [0.29, 0.717) is 5.56 Å². The quantitative estimate of drug-likeness (QED) is 0.661. The van der Waals surface area contributed by atoms with Gasteiger partial charge in [0, 0.05) is 6.42 Å². The minimum absolute atomic E-state index is 0.197. The topological polar surface area (TPSA) is 124 Å². The molecule has 0 amide bonds. The summed E-state index contributed by atoms with van der Waals surface area (Å²) in [5.41, 5.74) is 0.349. The molecule has 92 valence electrons. The van der Waals surface area contributed by atoms with E-state index < -0.39 is 28.3 Å². The van der Waals surface area contributed by atoms with Crippen molar-refractivity contribution in [3.05, 3.63) is 23.8 Å². The number of carboxylic acid groups (broad SMARTS) is 1. The lowest BCUT2D eigenvalue weighted by molar-refractivity contribution is -0.138. The van der Waals surface area contributed by atoms with E-state index >= 15 is 0 Å². The zero-order chi connectivity index (χ0) is 13.0. The van der Waals surface area contributed by atoms with Crippen molar-refractivity contribution in [2.45, 2.75) is 12.5 Å². The number of hydrogen-bond donors (Lipinski definition) is 3. The molecular weight excluding hydrogens is 250 g/mol. The molecule has 1 aromatic carbocycles. The number of aromatic hydroxyl groups is 2. The summed E-state index contributed by atoms with van der Waals surface area (Å²) in [5, 5.41) is 27.0. The number of phenols is 2. The molecule has 0 radical (unpaired) electrons. The molecule has 1 unspecified atom stereocenters. The molecule has 17 heavy (non-hydrogen) atoms. The predicted octanol–water partition coefficient (Wildman–Crippen LogP) is 0.156. The number of phenolic OH excluding ortho intramolecular Hbond substituents is 2. The van der Waals surface area contributed by atoms with Gasteiger partial charge in [0.1, 0.15) is 0 Å². The van der Waals surface area contributed by atoms with Crippen LogP contribution in [0.2, 0.25) is 0 Å². The fourth-order valence-electron chi connectivity index (χ4n) is 1.19. The van der Waals surface area contributed by atoms with Crippen LogP contribution in [-0.2, 0) is 21.7 Å². The summed E-state index contributed by atoms with van der Waals surface area (Å²) in [5.74, 6) is -2.14. The molecule has 8 heteroatoms.